The summed E-state index contributed by atoms with van der Waals surface area (Å²) in [6, 6.07) is -0.567. The van der Waals surface area contributed by atoms with Crippen LogP contribution in [0, 0.1) is 0 Å². The quantitative estimate of drug-likeness (QED) is 0.646. The molecule has 0 aromatic carbocycles. The number of hydrogen-bond donors (Lipinski definition) is 3. The van der Waals surface area contributed by atoms with Crippen LogP contribution in [0.15, 0.2) is 0 Å². The van der Waals surface area contributed by atoms with Crippen LogP contribution in [0.3, 0.4) is 0 Å². The number of piperidine rings is 1. The zero-order valence-corrected chi connectivity index (χ0v) is 12.6. The van der Waals surface area contributed by atoms with Crippen LogP contribution in [0.4, 0.5) is 0 Å². The molecule has 2 amide bonds. The molecule has 7 nitrogen and oxygen atoms in total. The van der Waals surface area contributed by atoms with Gasteiger partial charge in [0.2, 0.25) is 11.8 Å². The Balaban J connectivity index is 2.65. The van der Waals surface area contributed by atoms with E-state index in [9.17, 15) is 19.5 Å². The lowest BCUT2D eigenvalue weighted by molar-refractivity contribution is -0.156. The number of aliphatic hydroxyl groups is 1. The number of carbonyl (C=O) groups excluding carboxylic acids is 2. The molecular formula is C14H24N2O5. The van der Waals surface area contributed by atoms with Crippen LogP contribution in [0.5, 0.6) is 0 Å². The first-order valence-corrected chi connectivity index (χ1v) is 7.32. The van der Waals surface area contributed by atoms with Crippen LogP contribution < -0.4 is 5.32 Å². The van der Waals surface area contributed by atoms with Gasteiger partial charge in [-0.2, -0.15) is 0 Å². The van der Waals surface area contributed by atoms with Gasteiger partial charge >= 0.3 is 5.97 Å². The summed E-state index contributed by atoms with van der Waals surface area (Å²) in [5.74, 6) is -1.85. The van der Waals surface area contributed by atoms with Crippen LogP contribution in [0.25, 0.3) is 0 Å². The number of hydrogen-bond acceptors (Lipinski definition) is 4. The van der Waals surface area contributed by atoms with Gasteiger partial charge < -0.3 is 20.4 Å². The molecule has 0 bridgehead atoms. The predicted octanol–water partition coefficient (Wildman–Crippen LogP) is 0.119. The number of nitrogens with zero attached hydrogens (tertiary/aromatic N) is 1. The fraction of sp³-hybridized carbons (Fsp3) is 0.786. The topological polar surface area (TPSA) is 107 Å². The van der Waals surface area contributed by atoms with Gasteiger partial charge in [0.05, 0.1) is 6.54 Å². The van der Waals surface area contributed by atoms with Crippen molar-refractivity contribution in [3.05, 3.63) is 0 Å². The Morgan fingerprint density at radius 3 is 2.57 bits per heavy atom. The minimum atomic E-state index is -2.01. The Labute approximate surface area is 124 Å². The maximum Gasteiger partial charge on any atom is 0.337 e. The van der Waals surface area contributed by atoms with Crippen molar-refractivity contribution in [2.75, 3.05) is 13.1 Å². The van der Waals surface area contributed by atoms with Gasteiger partial charge in [-0.25, -0.2) is 4.79 Å². The molecule has 1 aliphatic heterocycles. The Morgan fingerprint density at radius 2 is 2.00 bits per heavy atom. The number of carboxylic acids is 1. The van der Waals surface area contributed by atoms with E-state index in [-0.39, 0.29) is 12.5 Å². The highest BCUT2D eigenvalue weighted by atomic mass is 16.4. The average Bonchev–Trinajstić information content (AvgIpc) is 2.45. The predicted molar refractivity (Wildman–Crippen MR) is 75.5 cm³/mol. The van der Waals surface area contributed by atoms with E-state index in [2.05, 4.69) is 5.32 Å². The third-order valence-electron chi connectivity index (χ3n) is 3.66. The van der Waals surface area contributed by atoms with Crippen LogP contribution in [-0.2, 0) is 14.4 Å². The van der Waals surface area contributed by atoms with Gasteiger partial charge in [0.15, 0.2) is 5.60 Å². The summed E-state index contributed by atoms with van der Waals surface area (Å²) in [6.07, 6.45) is 3.40. The van der Waals surface area contributed by atoms with Gasteiger partial charge in [0.1, 0.15) is 6.04 Å². The Morgan fingerprint density at radius 1 is 1.33 bits per heavy atom. The third-order valence-corrected chi connectivity index (χ3v) is 3.66. The number of likely N-dealkylation sites (tertiary alicyclic amines) is 1. The van der Waals surface area contributed by atoms with E-state index < -0.39 is 23.5 Å². The maximum atomic E-state index is 12.2. The highest BCUT2D eigenvalue weighted by molar-refractivity contribution is 5.88. The second kappa shape index (κ2) is 7.40. The molecule has 1 rings (SSSR count). The number of amides is 2. The number of rotatable bonds is 6. The van der Waals surface area contributed by atoms with E-state index in [1.165, 1.54) is 0 Å². The van der Waals surface area contributed by atoms with Gasteiger partial charge in [-0.3, -0.25) is 9.59 Å². The van der Waals surface area contributed by atoms with Crippen LogP contribution >= 0.6 is 0 Å². The van der Waals surface area contributed by atoms with E-state index in [4.69, 9.17) is 5.11 Å². The van der Waals surface area contributed by atoms with Crippen molar-refractivity contribution in [1.29, 1.82) is 0 Å². The molecule has 2 atom stereocenters. The van der Waals surface area contributed by atoms with Crippen molar-refractivity contribution >= 4 is 17.8 Å². The number of carboxylic acid groups (broad SMARTS) is 1. The summed E-state index contributed by atoms with van der Waals surface area (Å²) in [5.41, 5.74) is -2.01. The number of carbonyl (C=O) groups is 3. The molecule has 21 heavy (non-hydrogen) atoms. The molecule has 3 N–H and O–H groups in total. The first kappa shape index (κ1) is 17.4. The lowest BCUT2D eigenvalue weighted by Crippen LogP contribution is -2.55. The lowest BCUT2D eigenvalue weighted by Gasteiger charge is -2.35. The first-order valence-electron chi connectivity index (χ1n) is 7.32. The standard InChI is InChI=1S/C14H24N2O5/c1-3-6-11(17)16-8-5-4-7-10(16)12(18)15-9-14(2,21)13(19)20/h10,21H,3-9H2,1-2H3,(H,15,18)(H,19,20). The molecule has 1 heterocycles. The van der Waals surface area contributed by atoms with Gasteiger partial charge in [0.25, 0.3) is 0 Å². The molecule has 1 saturated heterocycles. The van der Waals surface area contributed by atoms with Crippen molar-refractivity contribution in [2.24, 2.45) is 0 Å². The fourth-order valence-electron chi connectivity index (χ4n) is 2.31. The summed E-state index contributed by atoms with van der Waals surface area (Å²) in [4.78, 5) is 36.6. The van der Waals surface area contributed by atoms with Crippen LogP contribution in [-0.4, -0.2) is 57.6 Å². The Hall–Kier alpha value is -1.63. The summed E-state index contributed by atoms with van der Waals surface area (Å²) < 4.78 is 0. The largest absolute Gasteiger partial charge is 0.479 e. The molecule has 0 radical (unpaired) electrons. The van der Waals surface area contributed by atoms with Gasteiger partial charge in [-0.1, -0.05) is 6.92 Å². The highest BCUT2D eigenvalue weighted by Gasteiger charge is 2.35. The SMILES string of the molecule is CCCC(=O)N1CCCCC1C(=O)NCC(C)(O)C(=O)O. The normalized spacial score (nSPS) is 21.5. The molecular weight excluding hydrogens is 276 g/mol. The Bertz CT molecular complexity index is 408. The number of nitrogens with one attached hydrogen (secondary N) is 1. The first-order chi connectivity index (χ1) is 9.79. The van der Waals surface area contributed by atoms with Gasteiger partial charge in [-0.15, -0.1) is 0 Å². The Kier molecular flexibility index (Phi) is 6.14. The summed E-state index contributed by atoms with van der Waals surface area (Å²) >= 11 is 0. The van der Waals surface area contributed by atoms with Crippen molar-refractivity contribution in [2.45, 2.75) is 57.6 Å². The maximum absolute atomic E-state index is 12.2. The van der Waals surface area contributed by atoms with Crippen LogP contribution in [0.2, 0.25) is 0 Å². The van der Waals surface area contributed by atoms with Crippen molar-refractivity contribution < 1.29 is 24.6 Å². The minimum Gasteiger partial charge on any atom is -0.479 e. The van der Waals surface area contributed by atoms with E-state index in [1.54, 1.807) is 4.90 Å². The monoisotopic (exact) mass is 300 g/mol. The van der Waals surface area contributed by atoms with Crippen molar-refractivity contribution in [3.8, 4) is 0 Å². The molecule has 0 aromatic heterocycles. The zero-order chi connectivity index (χ0) is 16.0. The van der Waals surface area contributed by atoms with Crippen molar-refractivity contribution in [1.82, 2.24) is 10.2 Å². The molecule has 7 heteroatoms. The second-order valence-corrected chi connectivity index (χ2v) is 5.65. The minimum absolute atomic E-state index is 0.0534. The third kappa shape index (κ3) is 4.70. The van der Waals surface area contributed by atoms with Gasteiger partial charge in [-0.05, 0) is 32.6 Å². The lowest BCUT2D eigenvalue weighted by atomic mass is 10.00. The molecule has 0 aromatic rings. The molecule has 0 aliphatic carbocycles. The summed E-state index contributed by atoms with van der Waals surface area (Å²) in [5, 5.41) is 20.8. The van der Waals surface area contributed by atoms with Crippen LogP contribution in [0.1, 0.15) is 46.0 Å². The molecule has 0 saturated carbocycles. The molecule has 2 unspecified atom stereocenters. The van der Waals surface area contributed by atoms with E-state index in [0.717, 1.165) is 26.2 Å². The number of aliphatic carboxylic acids is 1. The van der Waals surface area contributed by atoms with E-state index in [0.29, 0.717) is 19.4 Å². The summed E-state index contributed by atoms with van der Waals surface area (Å²) in [7, 11) is 0. The van der Waals surface area contributed by atoms with Crippen molar-refractivity contribution in [3.63, 3.8) is 0 Å². The van der Waals surface area contributed by atoms with Gasteiger partial charge in [0, 0.05) is 13.0 Å². The molecule has 1 aliphatic rings. The smallest absolute Gasteiger partial charge is 0.337 e. The molecule has 1 fully saturated rings. The zero-order valence-electron chi connectivity index (χ0n) is 12.6. The average molecular weight is 300 g/mol. The summed E-state index contributed by atoms with van der Waals surface area (Å²) in [6.45, 7) is 3.19. The second-order valence-electron chi connectivity index (χ2n) is 5.65. The fourth-order valence-corrected chi connectivity index (χ4v) is 2.31. The van der Waals surface area contributed by atoms with E-state index >= 15 is 0 Å². The highest BCUT2D eigenvalue weighted by Crippen LogP contribution is 2.19. The molecule has 120 valence electrons. The molecule has 0 spiro atoms. The van der Waals surface area contributed by atoms with E-state index in [1.807, 2.05) is 6.92 Å².